The molecule has 0 radical (unpaired) electrons. The van der Waals surface area contributed by atoms with Crippen molar-refractivity contribution in [3.63, 3.8) is 0 Å². The summed E-state index contributed by atoms with van der Waals surface area (Å²) in [5, 5.41) is 0. The van der Waals surface area contributed by atoms with E-state index in [9.17, 15) is 23.6 Å². The zero-order valence-corrected chi connectivity index (χ0v) is 12.8. The van der Waals surface area contributed by atoms with Crippen LogP contribution in [0.4, 0.5) is 4.39 Å². The monoisotopic (exact) mass is 350 g/mol. The number of nitrogens with zero attached hydrogens (tertiary/aromatic N) is 1. The van der Waals surface area contributed by atoms with Crippen LogP contribution in [-0.4, -0.2) is 27.5 Å². The molecule has 0 spiro atoms. The van der Waals surface area contributed by atoms with Crippen LogP contribution in [0, 0.1) is 5.82 Å². The minimum absolute atomic E-state index is 0.120. The summed E-state index contributed by atoms with van der Waals surface area (Å²) in [7, 11) is 0. The van der Waals surface area contributed by atoms with Crippen LogP contribution in [0.2, 0.25) is 0 Å². The number of nitrogens with one attached hydrogen (secondary N) is 1. The number of carbonyl (C=O) groups is 2. The molecule has 1 heterocycles. The minimum atomic E-state index is -1.83. The van der Waals surface area contributed by atoms with Crippen LogP contribution in [0.1, 0.15) is 11.7 Å². The molecule has 2 rings (SSSR count). The lowest BCUT2D eigenvalue weighted by molar-refractivity contribution is -0.163. The van der Waals surface area contributed by atoms with Crippen molar-refractivity contribution in [1.82, 2.24) is 9.55 Å². The summed E-state index contributed by atoms with van der Waals surface area (Å²) in [5.41, 5.74) is 9.50. The first-order chi connectivity index (χ1) is 11.8. The van der Waals surface area contributed by atoms with Gasteiger partial charge in [-0.1, -0.05) is 30.3 Å². The molecule has 2 atom stereocenters. The predicted molar refractivity (Wildman–Crippen MR) is 83.7 cm³/mol. The maximum Gasteiger partial charge on any atom is 0.351 e. The third-order valence-corrected chi connectivity index (χ3v) is 3.27. The molecule has 25 heavy (non-hydrogen) atoms. The zero-order valence-electron chi connectivity index (χ0n) is 12.8. The number of ether oxygens (including phenoxy) is 1. The molecule has 0 aliphatic rings. The van der Waals surface area contributed by atoms with Crippen molar-refractivity contribution in [2.24, 2.45) is 11.5 Å². The molecule has 0 aliphatic heterocycles. The molecule has 0 unspecified atom stereocenters. The molecule has 1 aromatic heterocycles. The summed E-state index contributed by atoms with van der Waals surface area (Å²) < 4.78 is 18.1. The number of aromatic amines is 1. The molecule has 0 saturated heterocycles. The summed E-state index contributed by atoms with van der Waals surface area (Å²) in [6.45, 7) is 0. The predicted octanol–water partition coefficient (Wildman–Crippen LogP) is -1.23. The Morgan fingerprint density at radius 3 is 2.44 bits per heavy atom. The second kappa shape index (κ2) is 7.64. The molecule has 132 valence electrons. The second-order valence-corrected chi connectivity index (χ2v) is 5.12. The molecule has 0 amide bonds. The Morgan fingerprint density at radius 1 is 1.16 bits per heavy atom. The number of benzene rings is 1. The van der Waals surface area contributed by atoms with Crippen molar-refractivity contribution in [2.75, 3.05) is 0 Å². The van der Waals surface area contributed by atoms with Gasteiger partial charge in [-0.25, -0.2) is 14.4 Å². The van der Waals surface area contributed by atoms with Crippen molar-refractivity contribution in [1.29, 1.82) is 0 Å². The van der Waals surface area contributed by atoms with Gasteiger partial charge in [0, 0.05) is 0 Å². The summed E-state index contributed by atoms with van der Waals surface area (Å²) in [4.78, 5) is 47.8. The van der Waals surface area contributed by atoms with E-state index >= 15 is 0 Å². The first-order valence-corrected chi connectivity index (χ1v) is 7.11. The molecule has 0 bridgehead atoms. The van der Waals surface area contributed by atoms with Gasteiger partial charge in [-0.05, 0) is 12.0 Å². The van der Waals surface area contributed by atoms with Crippen molar-refractivity contribution >= 4 is 11.9 Å². The van der Waals surface area contributed by atoms with Crippen LogP contribution in [0.3, 0.4) is 0 Å². The van der Waals surface area contributed by atoms with Crippen LogP contribution >= 0.6 is 0 Å². The Hall–Kier alpha value is -3.11. The summed E-state index contributed by atoms with van der Waals surface area (Å²) in [6.07, 6.45) is -1.26. The van der Waals surface area contributed by atoms with E-state index in [1.165, 1.54) is 0 Å². The molecular weight excluding hydrogens is 335 g/mol. The van der Waals surface area contributed by atoms with Gasteiger partial charge in [0.2, 0.25) is 5.82 Å². The molecule has 5 N–H and O–H groups in total. The highest BCUT2D eigenvalue weighted by atomic mass is 19.1. The van der Waals surface area contributed by atoms with Crippen molar-refractivity contribution in [3.05, 3.63) is 68.7 Å². The van der Waals surface area contributed by atoms with Gasteiger partial charge in [-0.15, -0.1) is 0 Å². The van der Waals surface area contributed by atoms with Crippen molar-refractivity contribution in [2.45, 2.75) is 18.6 Å². The fourth-order valence-corrected chi connectivity index (χ4v) is 1.97. The van der Waals surface area contributed by atoms with E-state index in [4.69, 9.17) is 11.5 Å². The van der Waals surface area contributed by atoms with E-state index < -0.39 is 41.2 Å². The van der Waals surface area contributed by atoms with E-state index in [0.717, 1.165) is 5.56 Å². The fraction of sp³-hybridized carbons (Fsp3) is 0.200. The van der Waals surface area contributed by atoms with Crippen LogP contribution in [0.15, 0.2) is 46.1 Å². The normalized spacial score (nSPS) is 13.1. The highest BCUT2D eigenvalue weighted by Gasteiger charge is 2.25. The largest absolute Gasteiger partial charge is 0.389 e. The maximum atomic E-state index is 13.2. The highest BCUT2D eigenvalue weighted by Crippen LogP contribution is 2.05. The smallest absolute Gasteiger partial charge is 0.351 e. The van der Waals surface area contributed by atoms with Crippen LogP contribution < -0.4 is 22.7 Å². The van der Waals surface area contributed by atoms with E-state index in [2.05, 4.69) is 4.74 Å². The van der Waals surface area contributed by atoms with Crippen LogP contribution in [0.25, 0.3) is 0 Å². The quantitative estimate of drug-likeness (QED) is 0.451. The van der Waals surface area contributed by atoms with E-state index in [1.807, 2.05) is 0 Å². The van der Waals surface area contributed by atoms with Gasteiger partial charge in [0.25, 0.3) is 5.56 Å². The van der Waals surface area contributed by atoms with Gasteiger partial charge in [-0.3, -0.25) is 14.3 Å². The van der Waals surface area contributed by atoms with Gasteiger partial charge in [-0.2, -0.15) is 4.39 Å². The average Bonchev–Trinajstić information content (AvgIpc) is 2.58. The van der Waals surface area contributed by atoms with Crippen molar-refractivity contribution < 1.29 is 18.7 Å². The topological polar surface area (TPSA) is 150 Å². The van der Waals surface area contributed by atoms with Crippen LogP contribution in [0.5, 0.6) is 0 Å². The van der Waals surface area contributed by atoms with Gasteiger partial charge < -0.3 is 16.2 Å². The van der Waals surface area contributed by atoms with E-state index in [1.54, 1.807) is 35.3 Å². The Balaban J connectivity index is 2.05. The van der Waals surface area contributed by atoms with Crippen molar-refractivity contribution in [3.8, 4) is 0 Å². The lowest BCUT2D eigenvalue weighted by Crippen LogP contribution is -2.43. The molecule has 0 aliphatic carbocycles. The van der Waals surface area contributed by atoms with Gasteiger partial charge in [0.05, 0.1) is 6.20 Å². The van der Waals surface area contributed by atoms with Gasteiger partial charge in [0.1, 0.15) is 6.04 Å². The third-order valence-electron chi connectivity index (χ3n) is 3.27. The highest BCUT2D eigenvalue weighted by molar-refractivity contribution is 5.89. The number of hydrogen-bond acceptors (Lipinski definition) is 7. The number of hydrogen-bond donors (Lipinski definition) is 3. The molecule has 2 aromatic rings. The summed E-state index contributed by atoms with van der Waals surface area (Å²) in [6, 6.07) is 7.64. The Bertz CT molecular complexity index is 893. The number of carbonyl (C=O) groups excluding carboxylic acids is 2. The standard InChI is InChI=1S/C15H15FN4O5/c16-9-7-20(15(24)19-12(9)21)11(18)14(23)25-13(22)10(17)6-8-4-2-1-3-5-8/h1-5,7,10-11H,6,17-18H2,(H,19,21,24)/t10-,11+/m0/s1. The Kier molecular flexibility index (Phi) is 5.57. The maximum absolute atomic E-state index is 13.2. The molecule has 10 heteroatoms. The van der Waals surface area contributed by atoms with E-state index in [-0.39, 0.29) is 6.42 Å². The lowest BCUT2D eigenvalue weighted by Gasteiger charge is -2.15. The Labute approximate surface area is 140 Å². The van der Waals surface area contributed by atoms with E-state index in [0.29, 0.717) is 10.8 Å². The number of esters is 2. The van der Waals surface area contributed by atoms with Gasteiger partial charge >= 0.3 is 17.6 Å². The number of H-pyrrole nitrogens is 1. The fourth-order valence-electron chi connectivity index (χ4n) is 1.97. The van der Waals surface area contributed by atoms with Gasteiger partial charge in [0.15, 0.2) is 6.17 Å². The first-order valence-electron chi connectivity index (χ1n) is 7.11. The second-order valence-electron chi connectivity index (χ2n) is 5.12. The lowest BCUT2D eigenvalue weighted by atomic mass is 10.1. The molecule has 0 fully saturated rings. The summed E-state index contributed by atoms with van der Waals surface area (Å²) >= 11 is 0. The number of rotatable bonds is 5. The third kappa shape index (κ3) is 4.46. The number of halogens is 1. The van der Waals surface area contributed by atoms with Crippen LogP contribution in [-0.2, 0) is 20.7 Å². The molecule has 9 nitrogen and oxygen atoms in total. The number of aromatic nitrogens is 2. The molecular formula is C15H15FN4O5. The minimum Gasteiger partial charge on any atom is -0.389 e. The average molecular weight is 350 g/mol. The zero-order chi connectivity index (χ0) is 18.6. The summed E-state index contributed by atoms with van der Waals surface area (Å²) in [5.74, 6) is -3.70. The number of nitrogens with two attached hydrogens (primary N) is 2. The Morgan fingerprint density at radius 2 is 1.80 bits per heavy atom. The SMILES string of the molecule is N[C@@H](Cc1ccccc1)C(=O)OC(=O)[C@H](N)n1cc(F)c(=O)[nH]c1=O. The first kappa shape index (κ1) is 18.2. The molecule has 0 saturated carbocycles. The molecule has 1 aromatic carbocycles.